The first-order chi connectivity index (χ1) is 3.13. The molecule has 0 aromatic heterocycles. The fraction of sp³-hybridized carbons (Fsp3) is 0.833. The summed E-state index contributed by atoms with van der Waals surface area (Å²) in [6.07, 6.45) is 1.90. The molecule has 0 radical (unpaired) electrons. The highest BCUT2D eigenvalue weighted by Crippen LogP contribution is 2.35. The Labute approximate surface area is 43.7 Å². The van der Waals surface area contributed by atoms with Gasteiger partial charge in [0.2, 0.25) is 0 Å². The molecule has 0 amide bonds. The van der Waals surface area contributed by atoms with Crippen molar-refractivity contribution >= 4 is 5.78 Å². The maximum Gasteiger partial charge on any atom is 0.138 e. The summed E-state index contributed by atoms with van der Waals surface area (Å²) in [4.78, 5) is 10.6. The van der Waals surface area contributed by atoms with Crippen LogP contribution in [-0.4, -0.2) is 5.78 Å². The molecule has 0 N–H and O–H groups in total. The average molecular weight is 98.1 g/mol. The molecule has 1 rings (SSSR count). The van der Waals surface area contributed by atoms with E-state index in [2.05, 4.69) is 0 Å². The predicted molar refractivity (Wildman–Crippen MR) is 28.0 cm³/mol. The van der Waals surface area contributed by atoms with Gasteiger partial charge in [0.25, 0.3) is 0 Å². The average Bonchev–Trinajstić information content (AvgIpc) is 1.63. The van der Waals surface area contributed by atoms with Crippen LogP contribution in [0, 0.1) is 5.41 Å². The number of carbonyl (C=O) groups is 1. The van der Waals surface area contributed by atoms with Crippen LogP contribution in [-0.2, 0) is 4.79 Å². The van der Waals surface area contributed by atoms with E-state index in [1.165, 1.54) is 0 Å². The second kappa shape index (κ2) is 1.09. The van der Waals surface area contributed by atoms with Gasteiger partial charge in [0.05, 0.1) is 0 Å². The molecule has 1 nitrogen and oxygen atoms in total. The number of hydrogen-bond acceptors (Lipinski definition) is 1. The first-order valence-corrected chi connectivity index (χ1v) is 2.66. The van der Waals surface area contributed by atoms with Crippen LogP contribution in [0.2, 0.25) is 0 Å². The zero-order valence-corrected chi connectivity index (χ0v) is 4.82. The molecule has 7 heavy (non-hydrogen) atoms. The number of rotatable bonds is 0. The van der Waals surface area contributed by atoms with E-state index >= 15 is 0 Å². The number of ketones is 1. The van der Waals surface area contributed by atoms with Crippen molar-refractivity contribution in [2.75, 3.05) is 0 Å². The Hall–Kier alpha value is -0.330. The van der Waals surface area contributed by atoms with Gasteiger partial charge in [-0.2, -0.15) is 0 Å². The normalized spacial score (nSPS) is 26.9. The van der Waals surface area contributed by atoms with Crippen molar-refractivity contribution in [1.82, 2.24) is 0 Å². The Morgan fingerprint density at radius 1 is 1.57 bits per heavy atom. The van der Waals surface area contributed by atoms with Gasteiger partial charge in [-0.1, -0.05) is 13.8 Å². The lowest BCUT2D eigenvalue weighted by Crippen LogP contribution is -2.34. The summed E-state index contributed by atoms with van der Waals surface area (Å²) >= 11 is 0. The molecule has 1 saturated carbocycles. The van der Waals surface area contributed by atoms with Gasteiger partial charge < -0.3 is 0 Å². The van der Waals surface area contributed by atoms with Gasteiger partial charge in [0.1, 0.15) is 5.78 Å². The maximum atomic E-state index is 10.6. The van der Waals surface area contributed by atoms with E-state index in [0.29, 0.717) is 5.78 Å². The summed E-state index contributed by atoms with van der Waals surface area (Å²) in [5.41, 5.74) is 0.0417. The van der Waals surface area contributed by atoms with Gasteiger partial charge >= 0.3 is 0 Å². The summed E-state index contributed by atoms with van der Waals surface area (Å²) in [6, 6.07) is 0. The Morgan fingerprint density at radius 3 is 2.00 bits per heavy atom. The third-order valence-electron chi connectivity index (χ3n) is 1.73. The molecule has 0 heterocycles. The van der Waals surface area contributed by atoms with Gasteiger partial charge in [-0.3, -0.25) is 4.79 Å². The third kappa shape index (κ3) is 0.561. The Balaban J connectivity index is 2.59. The zero-order chi connectivity index (χ0) is 5.49. The first-order valence-electron chi connectivity index (χ1n) is 2.66. The molecule has 0 unspecified atom stereocenters. The van der Waals surface area contributed by atoms with Gasteiger partial charge in [-0.05, 0) is 6.42 Å². The van der Waals surface area contributed by atoms with E-state index in [4.69, 9.17) is 0 Å². The molecule has 0 bridgehead atoms. The van der Waals surface area contributed by atoms with Crippen LogP contribution in [0.5, 0.6) is 0 Å². The molecule has 1 aliphatic rings. The summed E-state index contributed by atoms with van der Waals surface area (Å²) in [5.74, 6) is 0.424. The number of Topliss-reactive ketones (excluding diaryl/α,β-unsaturated/α-hetero) is 1. The molecular weight excluding hydrogens is 88.1 g/mol. The van der Waals surface area contributed by atoms with Gasteiger partial charge in [0, 0.05) is 11.8 Å². The van der Waals surface area contributed by atoms with E-state index < -0.39 is 0 Å². The predicted octanol–water partition coefficient (Wildman–Crippen LogP) is 1.38. The minimum atomic E-state index is 0.0417. The molecular formula is C6H10O. The van der Waals surface area contributed by atoms with Crippen LogP contribution in [0.3, 0.4) is 0 Å². The highest BCUT2D eigenvalue weighted by Gasteiger charge is 2.35. The van der Waals surface area contributed by atoms with E-state index in [1.807, 2.05) is 13.8 Å². The van der Waals surface area contributed by atoms with Crippen molar-refractivity contribution in [1.29, 1.82) is 0 Å². The molecule has 0 atom stereocenters. The van der Waals surface area contributed by atoms with E-state index in [-0.39, 0.29) is 5.41 Å². The smallest absolute Gasteiger partial charge is 0.138 e. The van der Waals surface area contributed by atoms with Gasteiger partial charge in [-0.15, -0.1) is 0 Å². The summed E-state index contributed by atoms with van der Waals surface area (Å²) in [5, 5.41) is 0. The zero-order valence-electron chi connectivity index (χ0n) is 4.82. The lowest BCUT2D eigenvalue weighted by Gasteiger charge is -2.31. The SMILES string of the molecule is CC1(C)CCC1=O. The second-order valence-electron chi connectivity index (χ2n) is 2.81. The van der Waals surface area contributed by atoms with Crippen LogP contribution < -0.4 is 0 Å². The van der Waals surface area contributed by atoms with Crippen molar-refractivity contribution in [2.24, 2.45) is 5.41 Å². The largest absolute Gasteiger partial charge is 0.299 e. The highest BCUT2D eigenvalue weighted by atomic mass is 16.1. The van der Waals surface area contributed by atoms with Crippen molar-refractivity contribution in [2.45, 2.75) is 26.7 Å². The molecule has 1 heteroatoms. The van der Waals surface area contributed by atoms with E-state index in [9.17, 15) is 4.79 Å². The second-order valence-corrected chi connectivity index (χ2v) is 2.81. The molecule has 0 aliphatic heterocycles. The fourth-order valence-electron chi connectivity index (χ4n) is 0.727. The molecule has 0 spiro atoms. The molecule has 0 aromatic carbocycles. The quantitative estimate of drug-likeness (QED) is 0.447. The highest BCUT2D eigenvalue weighted by molar-refractivity contribution is 5.89. The fourth-order valence-corrected chi connectivity index (χ4v) is 0.727. The lowest BCUT2D eigenvalue weighted by atomic mass is 9.71. The monoisotopic (exact) mass is 98.1 g/mol. The van der Waals surface area contributed by atoms with Crippen LogP contribution in [0.25, 0.3) is 0 Å². The molecule has 1 fully saturated rings. The van der Waals surface area contributed by atoms with Crippen molar-refractivity contribution in [3.8, 4) is 0 Å². The minimum Gasteiger partial charge on any atom is -0.299 e. The molecule has 40 valence electrons. The van der Waals surface area contributed by atoms with Crippen LogP contribution >= 0.6 is 0 Å². The number of carbonyl (C=O) groups excluding carboxylic acids is 1. The molecule has 0 aromatic rings. The topological polar surface area (TPSA) is 17.1 Å². The minimum absolute atomic E-state index is 0.0417. The van der Waals surface area contributed by atoms with E-state index in [0.717, 1.165) is 12.8 Å². The first kappa shape index (κ1) is 4.82. The van der Waals surface area contributed by atoms with Crippen LogP contribution in [0.15, 0.2) is 0 Å². The lowest BCUT2D eigenvalue weighted by molar-refractivity contribution is -0.135. The Bertz CT molecular complexity index is 103. The Kier molecular flexibility index (Phi) is 0.748. The van der Waals surface area contributed by atoms with Gasteiger partial charge in [0.15, 0.2) is 0 Å². The Morgan fingerprint density at radius 2 is 2.00 bits per heavy atom. The summed E-state index contributed by atoms with van der Waals surface area (Å²) in [6.45, 7) is 4.00. The van der Waals surface area contributed by atoms with Gasteiger partial charge in [-0.25, -0.2) is 0 Å². The van der Waals surface area contributed by atoms with Crippen molar-refractivity contribution in [3.63, 3.8) is 0 Å². The molecule has 0 saturated heterocycles. The van der Waals surface area contributed by atoms with Crippen molar-refractivity contribution < 1.29 is 4.79 Å². The standard InChI is InChI=1S/C6H10O/c1-6(2)4-3-5(6)7/h3-4H2,1-2H3. The van der Waals surface area contributed by atoms with Crippen LogP contribution in [0.4, 0.5) is 0 Å². The third-order valence-corrected chi connectivity index (χ3v) is 1.73. The maximum absolute atomic E-state index is 10.6. The summed E-state index contributed by atoms with van der Waals surface area (Å²) < 4.78 is 0. The number of hydrogen-bond donors (Lipinski definition) is 0. The van der Waals surface area contributed by atoms with Crippen molar-refractivity contribution in [3.05, 3.63) is 0 Å². The van der Waals surface area contributed by atoms with Crippen LogP contribution in [0.1, 0.15) is 26.7 Å². The van der Waals surface area contributed by atoms with E-state index in [1.54, 1.807) is 0 Å². The molecule has 1 aliphatic carbocycles. The summed E-state index contributed by atoms with van der Waals surface area (Å²) in [7, 11) is 0.